The van der Waals surface area contributed by atoms with E-state index in [-0.39, 0.29) is 5.91 Å². The van der Waals surface area contributed by atoms with Crippen LogP contribution in [0.2, 0.25) is 5.02 Å². The van der Waals surface area contributed by atoms with Crippen LogP contribution in [-0.4, -0.2) is 35.5 Å². The summed E-state index contributed by atoms with van der Waals surface area (Å²) in [6, 6.07) is 6.25. The Labute approximate surface area is 132 Å². The fraction of sp³-hybridized carbons (Fsp3) is 0.400. The van der Waals surface area contributed by atoms with Gasteiger partial charge in [-0.3, -0.25) is 14.4 Å². The summed E-state index contributed by atoms with van der Waals surface area (Å²) >= 11 is 5.92. The summed E-state index contributed by atoms with van der Waals surface area (Å²) in [7, 11) is 0. The van der Waals surface area contributed by atoms with E-state index in [1.54, 1.807) is 29.2 Å². The fourth-order valence-corrected chi connectivity index (χ4v) is 2.86. The van der Waals surface area contributed by atoms with E-state index in [1.807, 2.05) is 0 Å². The van der Waals surface area contributed by atoms with Gasteiger partial charge >= 0.3 is 5.97 Å². The van der Waals surface area contributed by atoms with Gasteiger partial charge in [0, 0.05) is 17.3 Å². The van der Waals surface area contributed by atoms with Gasteiger partial charge in [0.1, 0.15) is 11.5 Å². The summed E-state index contributed by atoms with van der Waals surface area (Å²) in [5, 5.41) is 12.2. The van der Waals surface area contributed by atoms with Gasteiger partial charge in [-0.2, -0.15) is 0 Å². The Morgan fingerprint density at radius 2 is 2.09 bits per heavy atom. The molecule has 1 atom stereocenters. The zero-order valence-corrected chi connectivity index (χ0v) is 12.5. The summed E-state index contributed by atoms with van der Waals surface area (Å²) in [5.74, 6) is -1.93. The van der Waals surface area contributed by atoms with E-state index in [4.69, 9.17) is 16.7 Å². The Bertz CT molecular complexity index is 657. The van der Waals surface area contributed by atoms with E-state index in [2.05, 4.69) is 5.32 Å². The molecule has 1 aromatic carbocycles. The second-order valence-corrected chi connectivity index (χ2v) is 6.11. The highest BCUT2D eigenvalue weighted by molar-refractivity contribution is 6.31. The number of aliphatic carboxylic acids is 1. The molecule has 0 aromatic heterocycles. The summed E-state index contributed by atoms with van der Waals surface area (Å²) in [6.45, 7) is 0.462. The van der Waals surface area contributed by atoms with Crippen molar-refractivity contribution in [3.8, 4) is 0 Å². The number of carboxylic acid groups (broad SMARTS) is 1. The number of nitrogens with zero attached hydrogens (tertiary/aromatic N) is 1. The van der Waals surface area contributed by atoms with E-state index in [0.29, 0.717) is 36.5 Å². The van der Waals surface area contributed by atoms with Crippen LogP contribution in [0, 0.1) is 5.41 Å². The number of nitrogens with one attached hydrogen (secondary N) is 1. The molecule has 1 aliphatic heterocycles. The Morgan fingerprint density at radius 3 is 2.68 bits per heavy atom. The van der Waals surface area contributed by atoms with Crippen LogP contribution in [0.5, 0.6) is 0 Å². The minimum atomic E-state index is -1.33. The van der Waals surface area contributed by atoms with Crippen molar-refractivity contribution in [2.45, 2.75) is 25.3 Å². The minimum Gasteiger partial charge on any atom is -0.480 e. The molecule has 0 radical (unpaired) electrons. The van der Waals surface area contributed by atoms with E-state index < -0.39 is 23.3 Å². The first kappa shape index (κ1) is 14.8. The summed E-state index contributed by atoms with van der Waals surface area (Å²) < 4.78 is 0. The molecule has 2 fully saturated rings. The molecule has 6 nitrogen and oxygen atoms in total. The number of carbonyl (C=O) groups is 3. The van der Waals surface area contributed by atoms with Crippen molar-refractivity contribution in [3.63, 3.8) is 0 Å². The maximum absolute atomic E-state index is 12.4. The van der Waals surface area contributed by atoms with Gasteiger partial charge in [0.15, 0.2) is 0 Å². The molecule has 116 valence electrons. The number of amides is 2. The number of hydrogen-bond donors (Lipinski definition) is 2. The van der Waals surface area contributed by atoms with Crippen LogP contribution in [0.3, 0.4) is 0 Å². The highest BCUT2D eigenvalue weighted by Gasteiger charge is 2.57. The standard InChI is InChI=1S/C15H15ClN2O4/c16-9-2-1-3-10(8-9)18-7-4-11(12(18)19)17-13(20)15(5-6-15)14(21)22/h1-3,8,11H,4-7H2,(H,17,20)(H,21,22). The molecule has 1 aliphatic carbocycles. The normalized spacial score (nSPS) is 22.5. The van der Waals surface area contributed by atoms with Crippen LogP contribution in [0.25, 0.3) is 0 Å². The fourth-order valence-electron chi connectivity index (χ4n) is 2.67. The molecule has 1 heterocycles. The Hall–Kier alpha value is -2.08. The molecule has 2 amide bonds. The highest BCUT2D eigenvalue weighted by atomic mass is 35.5. The van der Waals surface area contributed by atoms with Gasteiger partial charge in [0.05, 0.1) is 0 Å². The first-order valence-electron chi connectivity index (χ1n) is 7.05. The van der Waals surface area contributed by atoms with Crippen molar-refractivity contribution in [1.82, 2.24) is 5.32 Å². The third kappa shape index (κ3) is 2.43. The lowest BCUT2D eigenvalue weighted by atomic mass is 10.1. The zero-order valence-electron chi connectivity index (χ0n) is 11.7. The van der Waals surface area contributed by atoms with E-state index in [0.717, 1.165) is 0 Å². The number of carbonyl (C=O) groups excluding carboxylic acids is 2. The number of benzene rings is 1. The van der Waals surface area contributed by atoms with Crippen molar-refractivity contribution < 1.29 is 19.5 Å². The number of rotatable bonds is 4. The van der Waals surface area contributed by atoms with Gasteiger partial charge in [-0.15, -0.1) is 0 Å². The summed E-state index contributed by atoms with van der Waals surface area (Å²) in [6.07, 6.45) is 1.10. The van der Waals surface area contributed by atoms with Crippen LogP contribution in [-0.2, 0) is 14.4 Å². The van der Waals surface area contributed by atoms with Crippen LogP contribution >= 0.6 is 11.6 Å². The smallest absolute Gasteiger partial charge is 0.319 e. The maximum atomic E-state index is 12.4. The second kappa shape index (κ2) is 5.28. The predicted molar refractivity (Wildman–Crippen MR) is 79.7 cm³/mol. The lowest BCUT2D eigenvalue weighted by Crippen LogP contribution is -2.46. The van der Waals surface area contributed by atoms with E-state index in [9.17, 15) is 14.4 Å². The Kier molecular flexibility index (Phi) is 3.56. The molecule has 0 spiro atoms. The lowest BCUT2D eigenvalue weighted by Gasteiger charge is -2.18. The van der Waals surface area contributed by atoms with Crippen molar-refractivity contribution in [2.24, 2.45) is 5.41 Å². The minimum absolute atomic E-state index is 0.239. The average molecular weight is 323 g/mol. The lowest BCUT2D eigenvalue weighted by molar-refractivity contribution is -0.149. The molecule has 7 heteroatoms. The molecule has 1 unspecified atom stereocenters. The van der Waals surface area contributed by atoms with Crippen molar-refractivity contribution >= 4 is 35.1 Å². The van der Waals surface area contributed by atoms with Crippen LogP contribution in [0.4, 0.5) is 5.69 Å². The molecular weight excluding hydrogens is 308 g/mol. The van der Waals surface area contributed by atoms with Gasteiger partial charge in [-0.1, -0.05) is 17.7 Å². The molecule has 1 aromatic rings. The number of halogens is 1. The molecular formula is C15H15ClN2O4. The largest absolute Gasteiger partial charge is 0.480 e. The van der Waals surface area contributed by atoms with Crippen molar-refractivity contribution in [2.75, 3.05) is 11.4 Å². The van der Waals surface area contributed by atoms with Crippen LogP contribution < -0.4 is 10.2 Å². The van der Waals surface area contributed by atoms with Crippen molar-refractivity contribution in [3.05, 3.63) is 29.3 Å². The van der Waals surface area contributed by atoms with E-state index in [1.165, 1.54) is 0 Å². The second-order valence-electron chi connectivity index (χ2n) is 5.67. The number of hydrogen-bond acceptors (Lipinski definition) is 3. The molecule has 3 rings (SSSR count). The Balaban J connectivity index is 1.69. The zero-order chi connectivity index (χ0) is 15.9. The number of carboxylic acids is 1. The SMILES string of the molecule is O=C1C(NC(=O)C2(C(=O)O)CC2)CCN1c1cccc(Cl)c1. The van der Waals surface area contributed by atoms with Gasteiger partial charge in [0.2, 0.25) is 11.8 Å². The first-order valence-corrected chi connectivity index (χ1v) is 7.43. The van der Waals surface area contributed by atoms with E-state index >= 15 is 0 Å². The summed E-state index contributed by atoms with van der Waals surface area (Å²) in [5.41, 5.74) is -0.655. The molecule has 0 bridgehead atoms. The first-order chi connectivity index (χ1) is 10.4. The Morgan fingerprint density at radius 1 is 1.36 bits per heavy atom. The molecule has 2 N–H and O–H groups in total. The van der Waals surface area contributed by atoms with Crippen molar-refractivity contribution in [1.29, 1.82) is 0 Å². The third-order valence-corrected chi connectivity index (χ3v) is 4.46. The topological polar surface area (TPSA) is 86.7 Å². The maximum Gasteiger partial charge on any atom is 0.319 e. The number of anilines is 1. The molecule has 22 heavy (non-hydrogen) atoms. The molecule has 1 saturated heterocycles. The predicted octanol–water partition coefficient (Wildman–Crippen LogP) is 1.43. The highest BCUT2D eigenvalue weighted by Crippen LogP contribution is 2.46. The molecule has 1 saturated carbocycles. The van der Waals surface area contributed by atoms with Gasteiger partial charge < -0.3 is 15.3 Å². The van der Waals surface area contributed by atoms with Crippen LogP contribution in [0.15, 0.2) is 24.3 Å². The van der Waals surface area contributed by atoms with Crippen LogP contribution in [0.1, 0.15) is 19.3 Å². The monoisotopic (exact) mass is 322 g/mol. The average Bonchev–Trinajstić information content (AvgIpc) is 3.21. The van der Waals surface area contributed by atoms with Gasteiger partial charge in [0.25, 0.3) is 0 Å². The summed E-state index contributed by atoms with van der Waals surface area (Å²) in [4.78, 5) is 37.2. The third-order valence-electron chi connectivity index (χ3n) is 4.22. The van der Waals surface area contributed by atoms with Gasteiger partial charge in [-0.25, -0.2) is 0 Å². The van der Waals surface area contributed by atoms with Gasteiger partial charge in [-0.05, 0) is 37.5 Å². The molecule has 2 aliphatic rings. The quantitative estimate of drug-likeness (QED) is 0.821.